The number of aryl methyl sites for hydroxylation is 1. The molecule has 0 spiro atoms. The molecule has 3 unspecified atom stereocenters. The fourth-order valence-corrected chi connectivity index (χ4v) is 5.61. The third kappa shape index (κ3) is 4.10. The molecule has 2 aromatic carbocycles. The van der Waals surface area contributed by atoms with Crippen molar-refractivity contribution in [1.29, 1.82) is 0 Å². The molecule has 1 aromatic heterocycles. The third-order valence-electron chi connectivity index (χ3n) is 7.22. The number of benzene rings is 2. The molecule has 5 rings (SSSR count). The Morgan fingerprint density at radius 1 is 1.00 bits per heavy atom. The monoisotopic (exact) mass is 442 g/mol. The molecule has 170 valence electrons. The molecule has 0 bridgehead atoms. The summed E-state index contributed by atoms with van der Waals surface area (Å²) in [5, 5.41) is 1.02. The molecule has 6 nitrogen and oxygen atoms in total. The van der Waals surface area contributed by atoms with Gasteiger partial charge in [-0.15, -0.1) is 0 Å². The minimum Gasteiger partial charge on any atom is -0.336 e. The third-order valence-corrected chi connectivity index (χ3v) is 7.22. The predicted molar refractivity (Wildman–Crippen MR) is 128 cm³/mol. The van der Waals surface area contributed by atoms with E-state index in [1.54, 1.807) is 11.9 Å². The van der Waals surface area contributed by atoms with Crippen molar-refractivity contribution in [2.24, 2.45) is 5.92 Å². The fourth-order valence-electron chi connectivity index (χ4n) is 5.61. The van der Waals surface area contributed by atoms with Crippen molar-refractivity contribution < 1.29 is 9.59 Å². The van der Waals surface area contributed by atoms with Gasteiger partial charge in [0.1, 0.15) is 11.9 Å². The summed E-state index contributed by atoms with van der Waals surface area (Å²) in [6.45, 7) is 2.29. The molecule has 1 aliphatic carbocycles. The van der Waals surface area contributed by atoms with E-state index >= 15 is 0 Å². The highest BCUT2D eigenvalue weighted by Crippen LogP contribution is 2.41. The van der Waals surface area contributed by atoms with Crippen LogP contribution in [0.1, 0.15) is 54.0 Å². The number of carbonyl (C=O) groups is 2. The standard InChI is InChI=1S/C27H30N4O2/c1-18-21-13-7-8-14-22(21)29-25(28-18)17-30(2)27(33)24-16-20-12-6-9-15-23(20)31(24)26(32)19-10-4-3-5-11-19/h3-5,7-8,10-11,13-14,20,23-24H,6,9,12,15-17H2,1-2H3. The van der Waals surface area contributed by atoms with Crippen LogP contribution in [-0.4, -0.2) is 50.7 Å². The number of fused-ring (bicyclic) bond motifs is 2. The molecule has 0 radical (unpaired) electrons. The number of hydrogen-bond acceptors (Lipinski definition) is 4. The molecule has 2 heterocycles. The molecule has 3 aromatic rings. The summed E-state index contributed by atoms with van der Waals surface area (Å²) in [6, 6.07) is 17.0. The lowest BCUT2D eigenvalue weighted by Gasteiger charge is -2.34. The highest BCUT2D eigenvalue weighted by Gasteiger charge is 2.48. The number of para-hydroxylation sites is 1. The number of rotatable bonds is 4. The number of nitrogens with zero attached hydrogens (tertiary/aromatic N) is 4. The van der Waals surface area contributed by atoms with Crippen molar-refractivity contribution in [1.82, 2.24) is 19.8 Å². The summed E-state index contributed by atoms with van der Waals surface area (Å²) in [6.07, 6.45) is 5.09. The maximum Gasteiger partial charge on any atom is 0.254 e. The Hall–Kier alpha value is -3.28. The molecule has 6 heteroatoms. The first-order valence-electron chi connectivity index (χ1n) is 11.9. The zero-order valence-electron chi connectivity index (χ0n) is 19.3. The van der Waals surface area contributed by atoms with Crippen molar-refractivity contribution in [3.8, 4) is 0 Å². The Labute approximate surface area is 194 Å². The van der Waals surface area contributed by atoms with Crippen LogP contribution < -0.4 is 0 Å². The van der Waals surface area contributed by atoms with Gasteiger partial charge in [0.2, 0.25) is 5.91 Å². The Balaban J connectivity index is 1.40. The lowest BCUT2D eigenvalue weighted by molar-refractivity contribution is -0.135. The highest BCUT2D eigenvalue weighted by molar-refractivity contribution is 5.98. The van der Waals surface area contributed by atoms with E-state index in [-0.39, 0.29) is 17.9 Å². The van der Waals surface area contributed by atoms with Gasteiger partial charge in [-0.05, 0) is 50.3 Å². The zero-order chi connectivity index (χ0) is 22.9. The zero-order valence-corrected chi connectivity index (χ0v) is 19.3. The lowest BCUT2D eigenvalue weighted by atomic mass is 9.84. The number of hydrogen-bond donors (Lipinski definition) is 0. The molecular weight excluding hydrogens is 412 g/mol. The average molecular weight is 443 g/mol. The van der Waals surface area contributed by atoms with E-state index in [0.717, 1.165) is 42.3 Å². The van der Waals surface area contributed by atoms with Gasteiger partial charge in [-0.3, -0.25) is 9.59 Å². The number of aromatic nitrogens is 2. The molecule has 1 aliphatic heterocycles. The van der Waals surface area contributed by atoms with Crippen molar-refractivity contribution in [3.05, 3.63) is 71.7 Å². The molecule has 0 N–H and O–H groups in total. The van der Waals surface area contributed by atoms with Crippen molar-refractivity contribution in [2.75, 3.05) is 7.05 Å². The molecule has 2 amide bonds. The predicted octanol–water partition coefficient (Wildman–Crippen LogP) is 4.37. The van der Waals surface area contributed by atoms with Crippen LogP contribution in [-0.2, 0) is 11.3 Å². The Kier molecular flexibility index (Phi) is 5.83. The first-order valence-corrected chi connectivity index (χ1v) is 11.9. The van der Waals surface area contributed by atoms with E-state index in [2.05, 4.69) is 9.97 Å². The van der Waals surface area contributed by atoms with Gasteiger partial charge in [0.15, 0.2) is 0 Å². The largest absolute Gasteiger partial charge is 0.336 e. The van der Waals surface area contributed by atoms with Crippen molar-refractivity contribution in [2.45, 2.75) is 57.7 Å². The molecule has 2 fully saturated rings. The molecule has 1 saturated carbocycles. The van der Waals surface area contributed by atoms with Crippen LogP contribution in [0.4, 0.5) is 0 Å². The van der Waals surface area contributed by atoms with Gasteiger partial charge in [-0.25, -0.2) is 9.97 Å². The normalized spacial score (nSPS) is 22.2. The lowest BCUT2D eigenvalue weighted by Crippen LogP contribution is -2.49. The number of carbonyl (C=O) groups excluding carboxylic acids is 2. The minimum atomic E-state index is -0.433. The van der Waals surface area contributed by atoms with Gasteiger partial charge in [-0.1, -0.05) is 49.2 Å². The van der Waals surface area contributed by atoms with E-state index in [0.29, 0.717) is 23.9 Å². The summed E-state index contributed by atoms with van der Waals surface area (Å²) >= 11 is 0. The van der Waals surface area contributed by atoms with Crippen LogP contribution in [0.2, 0.25) is 0 Å². The van der Waals surface area contributed by atoms with Crippen molar-refractivity contribution >= 4 is 22.7 Å². The number of likely N-dealkylation sites (tertiary alicyclic amines) is 1. The topological polar surface area (TPSA) is 66.4 Å². The molecule has 1 saturated heterocycles. The van der Waals surface area contributed by atoms with Crippen LogP contribution >= 0.6 is 0 Å². The van der Waals surface area contributed by atoms with Crippen LogP contribution in [0.25, 0.3) is 10.9 Å². The van der Waals surface area contributed by atoms with Gasteiger partial charge in [0.05, 0.1) is 12.1 Å². The van der Waals surface area contributed by atoms with Crippen LogP contribution in [0.15, 0.2) is 54.6 Å². The molecule has 2 aliphatic rings. The van der Waals surface area contributed by atoms with E-state index in [4.69, 9.17) is 0 Å². The van der Waals surface area contributed by atoms with E-state index in [9.17, 15) is 9.59 Å². The van der Waals surface area contributed by atoms with Gasteiger partial charge in [0, 0.05) is 29.7 Å². The van der Waals surface area contributed by atoms with Gasteiger partial charge < -0.3 is 9.80 Å². The Morgan fingerprint density at radius 3 is 2.55 bits per heavy atom. The molecular formula is C27H30N4O2. The first-order chi connectivity index (χ1) is 16.0. The maximum atomic E-state index is 13.7. The smallest absolute Gasteiger partial charge is 0.254 e. The quantitative estimate of drug-likeness (QED) is 0.602. The second-order valence-corrected chi connectivity index (χ2v) is 9.38. The first kappa shape index (κ1) is 21.6. The van der Waals surface area contributed by atoms with Crippen LogP contribution in [0.3, 0.4) is 0 Å². The minimum absolute atomic E-state index is 0.0249. The Morgan fingerprint density at radius 2 is 1.73 bits per heavy atom. The van der Waals surface area contributed by atoms with Gasteiger partial charge in [0.25, 0.3) is 5.91 Å². The Bertz CT molecular complexity index is 1180. The van der Waals surface area contributed by atoms with Crippen LogP contribution in [0, 0.1) is 12.8 Å². The fraction of sp³-hybridized carbons (Fsp3) is 0.407. The average Bonchev–Trinajstić information content (AvgIpc) is 3.23. The second kappa shape index (κ2) is 8.93. The SMILES string of the molecule is Cc1nc(CN(C)C(=O)C2CC3CCCCC3N2C(=O)c2ccccc2)nc2ccccc12. The summed E-state index contributed by atoms with van der Waals surface area (Å²) in [4.78, 5) is 40.1. The summed E-state index contributed by atoms with van der Waals surface area (Å²) < 4.78 is 0. The van der Waals surface area contributed by atoms with Gasteiger partial charge >= 0.3 is 0 Å². The number of likely N-dealkylation sites (N-methyl/N-ethyl adjacent to an activating group) is 1. The number of amides is 2. The second-order valence-electron chi connectivity index (χ2n) is 9.38. The summed E-state index contributed by atoms with van der Waals surface area (Å²) in [7, 11) is 1.80. The summed E-state index contributed by atoms with van der Waals surface area (Å²) in [5.74, 6) is 0.962. The van der Waals surface area contributed by atoms with E-state index in [1.165, 1.54) is 6.42 Å². The summed E-state index contributed by atoms with van der Waals surface area (Å²) in [5.41, 5.74) is 2.44. The van der Waals surface area contributed by atoms with E-state index < -0.39 is 6.04 Å². The maximum absolute atomic E-state index is 13.7. The van der Waals surface area contributed by atoms with Crippen LogP contribution in [0.5, 0.6) is 0 Å². The molecule has 3 atom stereocenters. The highest BCUT2D eigenvalue weighted by atomic mass is 16.2. The van der Waals surface area contributed by atoms with Crippen molar-refractivity contribution in [3.63, 3.8) is 0 Å². The van der Waals surface area contributed by atoms with Gasteiger partial charge in [-0.2, -0.15) is 0 Å². The molecule has 33 heavy (non-hydrogen) atoms. The van der Waals surface area contributed by atoms with E-state index in [1.807, 2.05) is 66.4 Å².